The van der Waals surface area contributed by atoms with Crippen molar-refractivity contribution in [3.8, 4) is 45.8 Å². The third-order valence-electron chi connectivity index (χ3n) is 3.80. The quantitative estimate of drug-likeness (QED) is 0.491. The van der Waals surface area contributed by atoms with Crippen molar-refractivity contribution < 1.29 is 33.9 Å². The molecule has 7 heteroatoms. The van der Waals surface area contributed by atoms with E-state index in [-0.39, 0.29) is 17.3 Å². The first kappa shape index (κ1) is 16.5. The summed E-state index contributed by atoms with van der Waals surface area (Å²) in [5.74, 6) is 0.191. The van der Waals surface area contributed by atoms with Gasteiger partial charge in [-0.2, -0.15) is 0 Å². The Bertz CT molecular complexity index is 950. The number of benzene rings is 2. The molecule has 0 spiro atoms. The molecule has 0 aliphatic carbocycles. The molecule has 1 heterocycles. The lowest BCUT2D eigenvalue weighted by Gasteiger charge is -2.07. The number of phenols is 2. The molecular weight excluding hydrogens is 328 g/mol. The summed E-state index contributed by atoms with van der Waals surface area (Å²) in [6.45, 7) is 0. The molecule has 3 aromatic rings. The largest absolute Gasteiger partial charge is 0.504 e. The maximum Gasteiger partial charge on any atom is 0.402 e. The predicted molar refractivity (Wildman–Crippen MR) is 90.7 cm³/mol. The van der Waals surface area contributed by atoms with E-state index in [1.54, 1.807) is 12.1 Å². The molecule has 0 fully saturated rings. The Morgan fingerprint density at radius 3 is 2.12 bits per heavy atom. The third-order valence-corrected chi connectivity index (χ3v) is 3.80. The Morgan fingerprint density at radius 1 is 0.760 bits per heavy atom. The minimum atomic E-state index is -0.396. The van der Waals surface area contributed by atoms with Crippen LogP contribution in [0.4, 0.5) is 0 Å². The lowest BCUT2D eigenvalue weighted by molar-refractivity contribution is 0.351. The molecule has 0 bridgehead atoms. The molecular formula is C18H17O7+. The first-order valence-electron chi connectivity index (χ1n) is 7.30. The number of hydrogen-bond acceptors (Lipinski definition) is 6. The standard InChI is InChI=1S/C18H16O7/c1-22-10-6-14(23-2)11-8-13(20)18(25-15(11)7-10)9-4-12(19)17(21)16(5-9)24-3/h4-8H,1-3H3,(H2-,19,20,21)/p+1. The molecule has 2 aromatic carbocycles. The van der Waals surface area contributed by atoms with E-state index < -0.39 is 11.5 Å². The zero-order chi connectivity index (χ0) is 18.1. The smallest absolute Gasteiger partial charge is 0.402 e. The van der Waals surface area contributed by atoms with Gasteiger partial charge in [0, 0.05) is 24.3 Å². The molecule has 0 saturated carbocycles. The van der Waals surface area contributed by atoms with Crippen molar-refractivity contribution in [2.75, 3.05) is 21.3 Å². The summed E-state index contributed by atoms with van der Waals surface area (Å²) in [5.41, 5.74) is 0.740. The lowest BCUT2D eigenvalue weighted by Crippen LogP contribution is -1.91. The van der Waals surface area contributed by atoms with Crippen LogP contribution < -0.4 is 14.2 Å². The number of phenolic OH excluding ortho intramolecular Hbond substituents is 2. The van der Waals surface area contributed by atoms with Gasteiger partial charge in [0.05, 0.1) is 33.0 Å². The van der Waals surface area contributed by atoms with E-state index in [1.165, 1.54) is 39.5 Å². The molecule has 0 unspecified atom stereocenters. The first-order chi connectivity index (χ1) is 12.0. The van der Waals surface area contributed by atoms with Crippen LogP contribution in [0.15, 0.2) is 34.7 Å². The van der Waals surface area contributed by atoms with Crippen LogP contribution in [0.5, 0.6) is 34.5 Å². The van der Waals surface area contributed by atoms with Crippen molar-refractivity contribution in [3.05, 3.63) is 30.3 Å². The molecule has 0 aliphatic rings. The van der Waals surface area contributed by atoms with Crippen molar-refractivity contribution in [1.29, 1.82) is 0 Å². The second-order valence-corrected chi connectivity index (χ2v) is 5.25. The molecule has 0 amide bonds. The van der Waals surface area contributed by atoms with Crippen LogP contribution in [-0.4, -0.2) is 36.6 Å². The van der Waals surface area contributed by atoms with Gasteiger partial charge in [0.25, 0.3) is 0 Å². The Balaban J connectivity index is 2.27. The van der Waals surface area contributed by atoms with E-state index in [9.17, 15) is 15.3 Å². The molecule has 3 N–H and O–H groups in total. The van der Waals surface area contributed by atoms with E-state index in [0.717, 1.165) is 0 Å². The molecule has 7 nitrogen and oxygen atoms in total. The maximum atomic E-state index is 10.4. The van der Waals surface area contributed by atoms with E-state index in [0.29, 0.717) is 28.0 Å². The third kappa shape index (κ3) is 2.80. The molecule has 0 radical (unpaired) electrons. The fraction of sp³-hybridized carbons (Fsp3) is 0.167. The van der Waals surface area contributed by atoms with Crippen LogP contribution in [0.1, 0.15) is 0 Å². The van der Waals surface area contributed by atoms with Crippen molar-refractivity contribution >= 4 is 11.0 Å². The van der Waals surface area contributed by atoms with Crippen LogP contribution >= 0.6 is 0 Å². The van der Waals surface area contributed by atoms with Crippen LogP contribution in [0, 0.1) is 0 Å². The minimum absolute atomic E-state index is 0.0490. The van der Waals surface area contributed by atoms with Gasteiger partial charge >= 0.3 is 11.3 Å². The highest BCUT2D eigenvalue weighted by molar-refractivity contribution is 5.89. The molecule has 130 valence electrons. The van der Waals surface area contributed by atoms with E-state index in [4.69, 9.17) is 18.6 Å². The molecule has 3 rings (SSSR count). The van der Waals surface area contributed by atoms with Crippen LogP contribution in [0.3, 0.4) is 0 Å². The SMILES string of the molecule is COc1cc(OC)c2cc(O)c(-c3cc(O)c(O)c(OC)c3)[o+]c2c1. The predicted octanol–water partition coefficient (Wildman–Crippen LogP) is 3.52. The lowest BCUT2D eigenvalue weighted by atomic mass is 10.1. The minimum Gasteiger partial charge on any atom is -0.504 e. The number of methoxy groups -OCH3 is 3. The monoisotopic (exact) mass is 345 g/mol. The van der Waals surface area contributed by atoms with Crippen LogP contribution in [-0.2, 0) is 0 Å². The highest BCUT2D eigenvalue weighted by atomic mass is 16.5. The van der Waals surface area contributed by atoms with E-state index in [1.807, 2.05) is 0 Å². The summed E-state index contributed by atoms with van der Waals surface area (Å²) in [6, 6.07) is 7.52. The van der Waals surface area contributed by atoms with Gasteiger partial charge < -0.3 is 29.5 Å². The summed E-state index contributed by atoms with van der Waals surface area (Å²) in [7, 11) is 4.37. The van der Waals surface area contributed by atoms with Gasteiger partial charge in [-0.25, -0.2) is 4.42 Å². The normalized spacial score (nSPS) is 10.7. The summed E-state index contributed by atoms with van der Waals surface area (Å²) in [6.07, 6.45) is 0. The Kier molecular flexibility index (Phi) is 4.14. The van der Waals surface area contributed by atoms with Gasteiger partial charge in [-0.05, 0) is 0 Å². The van der Waals surface area contributed by atoms with Gasteiger partial charge in [0.1, 0.15) is 16.9 Å². The second kappa shape index (κ2) is 6.27. The van der Waals surface area contributed by atoms with Gasteiger partial charge in [0.2, 0.25) is 11.5 Å². The van der Waals surface area contributed by atoms with Gasteiger partial charge in [-0.15, -0.1) is 0 Å². The number of ether oxygens (including phenoxy) is 3. The first-order valence-corrected chi connectivity index (χ1v) is 7.30. The Morgan fingerprint density at radius 2 is 1.48 bits per heavy atom. The van der Waals surface area contributed by atoms with E-state index in [2.05, 4.69) is 0 Å². The summed E-state index contributed by atoms with van der Waals surface area (Å²) in [5, 5.41) is 30.5. The van der Waals surface area contributed by atoms with E-state index >= 15 is 0 Å². The summed E-state index contributed by atoms with van der Waals surface area (Å²) in [4.78, 5) is 0. The van der Waals surface area contributed by atoms with Crippen molar-refractivity contribution in [3.63, 3.8) is 0 Å². The summed E-state index contributed by atoms with van der Waals surface area (Å²) < 4.78 is 21.3. The van der Waals surface area contributed by atoms with Crippen molar-refractivity contribution in [1.82, 2.24) is 0 Å². The molecule has 1 aromatic heterocycles. The van der Waals surface area contributed by atoms with Gasteiger partial charge in [-0.3, -0.25) is 0 Å². The number of aromatic hydroxyl groups is 3. The van der Waals surface area contributed by atoms with Crippen LogP contribution in [0.2, 0.25) is 0 Å². The Labute approximate surface area is 143 Å². The molecule has 0 saturated heterocycles. The zero-order valence-electron chi connectivity index (χ0n) is 13.9. The highest BCUT2D eigenvalue weighted by Crippen LogP contribution is 2.44. The molecule has 25 heavy (non-hydrogen) atoms. The fourth-order valence-corrected chi connectivity index (χ4v) is 2.54. The number of rotatable bonds is 4. The van der Waals surface area contributed by atoms with Crippen LogP contribution in [0.25, 0.3) is 22.3 Å². The van der Waals surface area contributed by atoms with Gasteiger partial charge in [0.15, 0.2) is 11.5 Å². The van der Waals surface area contributed by atoms with Crippen molar-refractivity contribution in [2.24, 2.45) is 0 Å². The topological polar surface area (TPSA) is 99.7 Å². The number of fused-ring (bicyclic) bond motifs is 1. The van der Waals surface area contributed by atoms with Gasteiger partial charge in [-0.1, -0.05) is 0 Å². The highest BCUT2D eigenvalue weighted by Gasteiger charge is 2.26. The fourth-order valence-electron chi connectivity index (χ4n) is 2.54. The van der Waals surface area contributed by atoms with Crippen molar-refractivity contribution in [2.45, 2.75) is 0 Å². The zero-order valence-corrected chi connectivity index (χ0v) is 13.9. The second-order valence-electron chi connectivity index (χ2n) is 5.25. The average Bonchev–Trinajstić information content (AvgIpc) is 2.62. The Hall–Kier alpha value is -3.35. The summed E-state index contributed by atoms with van der Waals surface area (Å²) >= 11 is 0. The number of hydrogen-bond donors (Lipinski definition) is 3. The molecule has 0 aliphatic heterocycles. The molecule has 0 atom stereocenters. The average molecular weight is 345 g/mol. The maximum absolute atomic E-state index is 10.4.